The molecule has 0 aliphatic carbocycles. The van der Waals surface area contributed by atoms with Crippen molar-refractivity contribution in [3.05, 3.63) is 0 Å². The monoisotopic (exact) mass is 450 g/mol. The highest BCUT2D eigenvalue weighted by atomic mass is 32.1. The van der Waals surface area contributed by atoms with Crippen LogP contribution < -0.4 is 0 Å². The maximum absolute atomic E-state index is 10.6. The minimum Gasteiger partial charge on any atom is -0.417 e. The molecule has 0 aliphatic rings. The summed E-state index contributed by atoms with van der Waals surface area (Å²) < 4.78 is 23.2. The van der Waals surface area contributed by atoms with E-state index < -0.39 is 43.0 Å². The third-order valence-corrected chi connectivity index (χ3v) is 17.4. The number of rotatable bonds is 11. The molecule has 0 bridgehead atoms. The molecule has 0 aromatic carbocycles. The van der Waals surface area contributed by atoms with Crippen LogP contribution in [-0.4, -0.2) is 63.2 Å². The molecule has 2 atom stereocenters. The zero-order valence-corrected chi connectivity index (χ0v) is 21.9. The molecule has 0 saturated heterocycles. The van der Waals surface area contributed by atoms with Gasteiger partial charge in [-0.1, -0.05) is 0 Å². The molecule has 0 aromatic rings. The van der Waals surface area contributed by atoms with Crippen LogP contribution in [0.3, 0.4) is 0 Å². The van der Waals surface area contributed by atoms with E-state index in [0.29, 0.717) is 12.2 Å². The zero-order valence-electron chi connectivity index (χ0n) is 16.0. The van der Waals surface area contributed by atoms with Gasteiger partial charge in [0.05, 0.1) is 0 Å². The predicted molar refractivity (Wildman–Crippen MR) is 110 cm³/mol. The molecule has 0 aliphatic heterocycles. The van der Waals surface area contributed by atoms with Gasteiger partial charge in [-0.15, -0.1) is 0 Å². The van der Waals surface area contributed by atoms with Crippen LogP contribution in [0.15, 0.2) is 0 Å². The van der Waals surface area contributed by atoms with Crippen LogP contribution >= 0.6 is 12.6 Å². The van der Waals surface area contributed by atoms with Crippen LogP contribution in [0.2, 0.25) is 58.4 Å². The van der Waals surface area contributed by atoms with E-state index in [9.17, 15) is 14.4 Å². The van der Waals surface area contributed by atoms with Crippen molar-refractivity contribution >= 4 is 55.7 Å². The lowest BCUT2D eigenvalue weighted by molar-refractivity contribution is 0.138. The third kappa shape index (κ3) is 12.5. The largest absolute Gasteiger partial charge is 0.488 e. The Kier molecular flexibility index (Phi) is 9.32. The van der Waals surface area contributed by atoms with Crippen LogP contribution in [0, 0.1) is 0 Å². The maximum atomic E-state index is 10.6. The Labute approximate surface area is 157 Å². The number of hydrogen-bond donors (Lipinski definition) is 4. The molecule has 0 amide bonds. The molecular formula is C11H34O7SSi5. The normalized spacial score (nSPS) is 19.0. The van der Waals surface area contributed by atoms with Gasteiger partial charge >= 0.3 is 26.4 Å². The summed E-state index contributed by atoms with van der Waals surface area (Å²) in [5.74, 6) is 0.526. The standard InChI is InChI=1S/C11H34O7SSi5/c1-20(2,3)15-22(7,12)17-23(8,16-21(4,5)6)18-24(13,14)11-9-10-19/h12-14,19H,9-11H2,1-8H3. The molecule has 146 valence electrons. The van der Waals surface area contributed by atoms with Gasteiger partial charge in [0.2, 0.25) is 0 Å². The Hall–Kier alpha value is 1.15. The first kappa shape index (κ1) is 25.2. The molecule has 0 radical (unpaired) electrons. The lowest BCUT2D eigenvalue weighted by Gasteiger charge is -2.40. The highest BCUT2D eigenvalue weighted by Crippen LogP contribution is 2.26. The van der Waals surface area contributed by atoms with Gasteiger partial charge in [0.15, 0.2) is 16.6 Å². The van der Waals surface area contributed by atoms with Crippen molar-refractivity contribution in [2.24, 2.45) is 0 Å². The Bertz CT molecular complexity index is 399. The molecule has 0 aromatic heterocycles. The Balaban J connectivity index is 5.35. The van der Waals surface area contributed by atoms with Gasteiger partial charge in [-0.25, -0.2) is 0 Å². The van der Waals surface area contributed by atoms with Crippen molar-refractivity contribution in [3.63, 3.8) is 0 Å². The average molecular weight is 451 g/mol. The van der Waals surface area contributed by atoms with Crippen molar-refractivity contribution in [1.29, 1.82) is 0 Å². The lowest BCUT2D eigenvalue weighted by atomic mass is 10.6. The first-order valence-electron chi connectivity index (χ1n) is 7.97. The number of thiol groups is 1. The Morgan fingerprint density at radius 2 is 1.17 bits per heavy atom. The van der Waals surface area contributed by atoms with Crippen LogP contribution in [0.5, 0.6) is 0 Å². The van der Waals surface area contributed by atoms with Gasteiger partial charge in [0, 0.05) is 19.1 Å². The molecule has 0 fully saturated rings. The van der Waals surface area contributed by atoms with E-state index >= 15 is 0 Å². The van der Waals surface area contributed by atoms with Crippen molar-refractivity contribution in [3.8, 4) is 0 Å². The fraction of sp³-hybridized carbons (Fsp3) is 1.00. The first-order chi connectivity index (χ1) is 10.4. The summed E-state index contributed by atoms with van der Waals surface area (Å²) in [7, 11) is -15.2. The predicted octanol–water partition coefficient (Wildman–Crippen LogP) is 2.10. The lowest BCUT2D eigenvalue weighted by Crippen LogP contribution is -2.63. The summed E-state index contributed by atoms with van der Waals surface area (Å²) in [6, 6.07) is 0.107. The van der Waals surface area contributed by atoms with E-state index in [2.05, 4.69) is 12.6 Å². The van der Waals surface area contributed by atoms with E-state index in [1.165, 1.54) is 6.55 Å². The summed E-state index contributed by atoms with van der Waals surface area (Å²) >= 11 is 4.08. The first-order valence-corrected chi connectivity index (χ1v) is 21.9. The van der Waals surface area contributed by atoms with E-state index in [4.69, 9.17) is 16.5 Å². The van der Waals surface area contributed by atoms with Crippen LogP contribution in [-0.2, 0) is 16.5 Å². The Morgan fingerprint density at radius 3 is 1.54 bits per heavy atom. The average Bonchev–Trinajstić information content (AvgIpc) is 2.16. The van der Waals surface area contributed by atoms with E-state index in [1.807, 2.05) is 39.3 Å². The molecule has 0 spiro atoms. The molecule has 0 rings (SSSR count). The van der Waals surface area contributed by atoms with E-state index in [-0.39, 0.29) is 6.04 Å². The molecule has 0 heterocycles. The SMILES string of the molecule is C[Si](C)(C)O[Si](C)(O)O[Si](C)(O[Si](C)(C)C)O[Si](O)(O)CCCS. The van der Waals surface area contributed by atoms with Gasteiger partial charge in [0.1, 0.15) is 0 Å². The molecule has 13 heteroatoms. The van der Waals surface area contributed by atoms with Gasteiger partial charge in [-0.2, -0.15) is 12.6 Å². The van der Waals surface area contributed by atoms with Crippen molar-refractivity contribution in [2.45, 2.75) is 64.8 Å². The molecule has 24 heavy (non-hydrogen) atoms. The second kappa shape index (κ2) is 8.90. The fourth-order valence-corrected chi connectivity index (χ4v) is 20.0. The van der Waals surface area contributed by atoms with Gasteiger partial charge < -0.3 is 30.8 Å². The summed E-state index contributed by atoms with van der Waals surface area (Å²) in [6.07, 6.45) is 0.513. The summed E-state index contributed by atoms with van der Waals surface area (Å²) in [5, 5.41) is 0. The summed E-state index contributed by atoms with van der Waals surface area (Å²) in [5.41, 5.74) is 0. The second-order valence-corrected chi connectivity index (χ2v) is 25.6. The van der Waals surface area contributed by atoms with Crippen molar-refractivity contribution in [1.82, 2.24) is 0 Å². The van der Waals surface area contributed by atoms with Crippen molar-refractivity contribution < 1.29 is 30.8 Å². The molecule has 7 nitrogen and oxygen atoms in total. The highest BCUT2D eigenvalue weighted by molar-refractivity contribution is 7.80. The molecular weight excluding hydrogens is 417 g/mol. The number of hydrogen-bond acceptors (Lipinski definition) is 8. The minimum absolute atomic E-state index is 0.107. The van der Waals surface area contributed by atoms with E-state index in [1.54, 1.807) is 6.55 Å². The van der Waals surface area contributed by atoms with Crippen LogP contribution in [0.4, 0.5) is 0 Å². The third-order valence-electron chi connectivity index (χ3n) is 2.37. The summed E-state index contributed by atoms with van der Waals surface area (Å²) in [6.45, 7) is 14.8. The smallest absolute Gasteiger partial charge is 0.417 e. The molecule has 2 unspecified atom stereocenters. The minimum atomic E-state index is -3.97. The topological polar surface area (TPSA) is 97.6 Å². The second-order valence-electron chi connectivity index (χ2n) is 7.96. The fourth-order valence-electron chi connectivity index (χ4n) is 2.21. The Morgan fingerprint density at radius 1 is 0.708 bits per heavy atom. The highest BCUT2D eigenvalue weighted by Gasteiger charge is 2.53. The van der Waals surface area contributed by atoms with Crippen LogP contribution in [0.1, 0.15) is 6.42 Å². The van der Waals surface area contributed by atoms with Crippen LogP contribution in [0.25, 0.3) is 0 Å². The van der Waals surface area contributed by atoms with E-state index in [0.717, 1.165) is 0 Å². The van der Waals surface area contributed by atoms with Gasteiger partial charge in [-0.05, 0) is 51.5 Å². The molecule has 3 N–H and O–H groups in total. The van der Waals surface area contributed by atoms with Gasteiger partial charge in [0.25, 0.3) is 0 Å². The summed E-state index contributed by atoms with van der Waals surface area (Å²) in [4.78, 5) is 31.1. The van der Waals surface area contributed by atoms with Gasteiger partial charge in [-0.3, -0.25) is 0 Å². The quantitative estimate of drug-likeness (QED) is 0.283. The maximum Gasteiger partial charge on any atom is 0.488 e. The zero-order chi connectivity index (χ0) is 19.4. The van der Waals surface area contributed by atoms with Crippen molar-refractivity contribution in [2.75, 3.05) is 5.75 Å². The molecule has 0 saturated carbocycles.